The molecule has 0 aliphatic carbocycles. The zero-order chi connectivity index (χ0) is 15.1. The van der Waals surface area contributed by atoms with Gasteiger partial charge in [0.15, 0.2) is 5.12 Å². The number of thioether (sulfide) groups is 1. The van der Waals surface area contributed by atoms with Gasteiger partial charge in [0.2, 0.25) is 0 Å². The lowest BCUT2D eigenvalue weighted by atomic mass is 10.0. The third kappa shape index (κ3) is 4.64. The van der Waals surface area contributed by atoms with Crippen molar-refractivity contribution in [1.29, 1.82) is 0 Å². The fourth-order valence-electron chi connectivity index (χ4n) is 1.94. The van der Waals surface area contributed by atoms with Crippen molar-refractivity contribution in [2.45, 2.75) is 26.2 Å². The highest BCUT2D eigenvalue weighted by atomic mass is 32.2. The molecule has 2 aromatic rings. The van der Waals surface area contributed by atoms with Crippen LogP contribution in [0.5, 0.6) is 11.5 Å². The fourth-order valence-corrected chi connectivity index (χ4v) is 2.73. The van der Waals surface area contributed by atoms with Crippen molar-refractivity contribution in [3.05, 3.63) is 60.2 Å². The molecule has 0 bridgehead atoms. The predicted molar refractivity (Wildman–Crippen MR) is 89.1 cm³/mol. The smallest absolute Gasteiger partial charge is 0.196 e. The maximum absolute atomic E-state index is 12.1. The van der Waals surface area contributed by atoms with Gasteiger partial charge in [0.25, 0.3) is 0 Å². The Hall–Kier alpha value is -1.74. The molecular weight excluding hydrogens is 280 g/mol. The Morgan fingerprint density at radius 3 is 2.52 bits per heavy atom. The molecule has 0 N–H and O–H groups in total. The van der Waals surface area contributed by atoms with Gasteiger partial charge in [0.05, 0.1) is 5.92 Å². The molecule has 0 aliphatic heterocycles. The fraction of sp³-hybridized carbons (Fsp3) is 0.278. The first kappa shape index (κ1) is 15.6. The number of ether oxygens (including phenoxy) is 1. The first-order chi connectivity index (χ1) is 10.2. The lowest BCUT2D eigenvalue weighted by molar-refractivity contribution is -0.111. The van der Waals surface area contributed by atoms with Gasteiger partial charge in [-0.1, -0.05) is 55.9 Å². The number of hydrogen-bond acceptors (Lipinski definition) is 3. The van der Waals surface area contributed by atoms with Gasteiger partial charge < -0.3 is 4.74 Å². The minimum atomic E-state index is -0.110. The molecule has 1 unspecified atom stereocenters. The second kappa shape index (κ2) is 7.89. The van der Waals surface area contributed by atoms with Gasteiger partial charge in [0, 0.05) is 5.75 Å². The summed E-state index contributed by atoms with van der Waals surface area (Å²) in [5, 5.41) is 0.216. The Morgan fingerprint density at radius 2 is 1.81 bits per heavy atom. The number of para-hydroxylation sites is 1. The molecule has 0 radical (unpaired) electrons. The monoisotopic (exact) mass is 300 g/mol. The highest BCUT2D eigenvalue weighted by Crippen LogP contribution is 2.28. The van der Waals surface area contributed by atoms with Crippen molar-refractivity contribution in [1.82, 2.24) is 0 Å². The first-order valence-corrected chi connectivity index (χ1v) is 8.18. The molecule has 0 amide bonds. The quantitative estimate of drug-likeness (QED) is 0.728. The third-order valence-corrected chi connectivity index (χ3v) is 4.39. The van der Waals surface area contributed by atoms with Crippen molar-refractivity contribution in [3.8, 4) is 11.5 Å². The van der Waals surface area contributed by atoms with Gasteiger partial charge in [-0.2, -0.15) is 0 Å². The van der Waals surface area contributed by atoms with Crippen LogP contribution in [0.25, 0.3) is 0 Å². The molecule has 0 heterocycles. The summed E-state index contributed by atoms with van der Waals surface area (Å²) in [6, 6.07) is 17.4. The number of carbonyl (C=O) groups is 1. The zero-order valence-electron chi connectivity index (χ0n) is 12.4. The van der Waals surface area contributed by atoms with Gasteiger partial charge >= 0.3 is 0 Å². The Bertz CT molecular complexity index is 581. The summed E-state index contributed by atoms with van der Waals surface area (Å²) in [4.78, 5) is 12.1. The molecular formula is C18H20O2S. The summed E-state index contributed by atoms with van der Waals surface area (Å²) in [5.41, 5.74) is 0.997. The van der Waals surface area contributed by atoms with Gasteiger partial charge in [-0.05, 0) is 36.2 Å². The van der Waals surface area contributed by atoms with Crippen LogP contribution in [0.3, 0.4) is 0 Å². The average molecular weight is 300 g/mol. The Balaban J connectivity index is 2.08. The van der Waals surface area contributed by atoms with Crippen LogP contribution < -0.4 is 4.74 Å². The highest BCUT2D eigenvalue weighted by Gasteiger charge is 2.16. The van der Waals surface area contributed by atoms with Gasteiger partial charge in [-0.3, -0.25) is 4.79 Å². The summed E-state index contributed by atoms with van der Waals surface area (Å²) in [6.45, 7) is 4.03. The lowest BCUT2D eigenvalue weighted by Gasteiger charge is -2.12. The third-order valence-electron chi connectivity index (χ3n) is 3.14. The molecule has 0 saturated carbocycles. The maximum Gasteiger partial charge on any atom is 0.196 e. The largest absolute Gasteiger partial charge is 0.457 e. The van der Waals surface area contributed by atoms with Crippen molar-refractivity contribution >= 4 is 16.9 Å². The number of benzene rings is 2. The molecule has 2 nitrogen and oxygen atoms in total. The van der Waals surface area contributed by atoms with E-state index in [2.05, 4.69) is 6.92 Å². The van der Waals surface area contributed by atoms with Crippen LogP contribution in [0.15, 0.2) is 54.6 Å². The number of rotatable bonds is 6. The van der Waals surface area contributed by atoms with E-state index in [1.165, 1.54) is 11.8 Å². The van der Waals surface area contributed by atoms with Crippen molar-refractivity contribution in [3.63, 3.8) is 0 Å². The van der Waals surface area contributed by atoms with E-state index in [0.29, 0.717) is 0 Å². The second-order valence-electron chi connectivity index (χ2n) is 4.88. The highest BCUT2D eigenvalue weighted by molar-refractivity contribution is 8.13. The summed E-state index contributed by atoms with van der Waals surface area (Å²) >= 11 is 1.41. The molecule has 2 aromatic carbocycles. The van der Waals surface area contributed by atoms with Crippen LogP contribution in [0.4, 0.5) is 0 Å². The van der Waals surface area contributed by atoms with Crippen molar-refractivity contribution in [2.24, 2.45) is 0 Å². The van der Waals surface area contributed by atoms with Crippen LogP contribution in [0.2, 0.25) is 0 Å². The van der Waals surface area contributed by atoms with Crippen molar-refractivity contribution < 1.29 is 9.53 Å². The Kier molecular flexibility index (Phi) is 5.88. The number of hydrogen-bond donors (Lipinski definition) is 0. The van der Waals surface area contributed by atoms with E-state index < -0.39 is 0 Å². The van der Waals surface area contributed by atoms with Gasteiger partial charge in [-0.25, -0.2) is 0 Å². The Labute approximate surface area is 130 Å². The van der Waals surface area contributed by atoms with Crippen LogP contribution in [-0.2, 0) is 4.79 Å². The molecule has 1 atom stereocenters. The normalized spacial score (nSPS) is 11.9. The van der Waals surface area contributed by atoms with E-state index in [4.69, 9.17) is 4.74 Å². The van der Waals surface area contributed by atoms with E-state index >= 15 is 0 Å². The van der Waals surface area contributed by atoms with Gasteiger partial charge in [0.1, 0.15) is 11.5 Å². The first-order valence-electron chi connectivity index (χ1n) is 7.20. The van der Waals surface area contributed by atoms with Crippen molar-refractivity contribution in [2.75, 3.05) is 5.75 Å². The zero-order valence-corrected chi connectivity index (χ0v) is 13.2. The summed E-state index contributed by atoms with van der Waals surface area (Å²) in [5.74, 6) is 2.33. The number of carbonyl (C=O) groups excluding carboxylic acids is 1. The summed E-state index contributed by atoms with van der Waals surface area (Å²) in [7, 11) is 0. The van der Waals surface area contributed by atoms with Crippen LogP contribution in [0.1, 0.15) is 31.7 Å². The van der Waals surface area contributed by atoms with E-state index in [-0.39, 0.29) is 11.0 Å². The molecule has 2 rings (SSSR count). The lowest BCUT2D eigenvalue weighted by Crippen LogP contribution is -2.05. The predicted octanol–water partition coefficient (Wildman–Crippen LogP) is 5.25. The molecule has 21 heavy (non-hydrogen) atoms. The molecule has 0 spiro atoms. The maximum atomic E-state index is 12.1. The standard InChI is InChI=1S/C18H20O2S/c1-3-12-21-18(19)14(2)15-8-7-11-17(13-15)20-16-9-5-4-6-10-16/h4-11,13-14H,3,12H2,1-2H3. The van der Waals surface area contributed by atoms with Gasteiger partial charge in [-0.15, -0.1) is 0 Å². The summed E-state index contributed by atoms with van der Waals surface area (Å²) in [6.07, 6.45) is 1.01. The van der Waals surface area contributed by atoms with E-state index in [0.717, 1.165) is 29.2 Å². The molecule has 0 saturated heterocycles. The van der Waals surface area contributed by atoms with Crippen LogP contribution in [-0.4, -0.2) is 10.9 Å². The van der Waals surface area contributed by atoms with E-state index in [1.54, 1.807) is 0 Å². The topological polar surface area (TPSA) is 26.3 Å². The molecule has 0 aliphatic rings. The Morgan fingerprint density at radius 1 is 1.10 bits per heavy atom. The second-order valence-corrected chi connectivity index (χ2v) is 5.98. The van der Waals surface area contributed by atoms with Crippen LogP contribution >= 0.6 is 11.8 Å². The molecule has 0 fully saturated rings. The van der Waals surface area contributed by atoms with E-state index in [1.807, 2.05) is 61.5 Å². The minimum absolute atomic E-state index is 0.110. The molecule has 3 heteroatoms. The van der Waals surface area contributed by atoms with E-state index in [9.17, 15) is 4.79 Å². The average Bonchev–Trinajstić information content (AvgIpc) is 2.53. The van der Waals surface area contributed by atoms with Crippen LogP contribution in [0, 0.1) is 0 Å². The molecule has 110 valence electrons. The molecule has 0 aromatic heterocycles. The minimum Gasteiger partial charge on any atom is -0.457 e. The summed E-state index contributed by atoms with van der Waals surface area (Å²) < 4.78 is 5.81. The SMILES string of the molecule is CCCSC(=O)C(C)c1cccc(Oc2ccccc2)c1.